The molecule has 0 amide bonds. The van der Waals surface area contributed by atoms with Gasteiger partial charge in [-0.1, -0.05) is 6.07 Å². The molecule has 16 heavy (non-hydrogen) atoms. The molecule has 1 aliphatic rings. The van der Waals surface area contributed by atoms with Crippen LogP contribution in [0.4, 0.5) is 5.69 Å². The topological polar surface area (TPSA) is 77.2 Å². The molecular formula is C10H13N3O3. The summed E-state index contributed by atoms with van der Waals surface area (Å²) in [4.78, 5) is 10.8. The number of ether oxygens (including phenoxy) is 2. The van der Waals surface area contributed by atoms with Crippen LogP contribution in [0.3, 0.4) is 0 Å². The van der Waals surface area contributed by atoms with E-state index in [1.807, 2.05) is 0 Å². The van der Waals surface area contributed by atoms with Gasteiger partial charge in [0.05, 0.1) is 12.4 Å². The third-order valence-electron chi connectivity index (χ3n) is 2.55. The van der Waals surface area contributed by atoms with Crippen molar-refractivity contribution >= 4 is 5.69 Å². The number of nitroso groups, excluding NO2 is 1. The van der Waals surface area contributed by atoms with Gasteiger partial charge < -0.3 is 15.2 Å². The predicted molar refractivity (Wildman–Crippen MR) is 59.6 cm³/mol. The summed E-state index contributed by atoms with van der Waals surface area (Å²) in [5, 5.41) is 4.32. The van der Waals surface area contributed by atoms with E-state index in [9.17, 15) is 4.91 Å². The van der Waals surface area contributed by atoms with Crippen molar-refractivity contribution in [2.24, 2.45) is 11.0 Å². The smallest absolute Gasteiger partial charge is 0.186 e. The van der Waals surface area contributed by atoms with E-state index < -0.39 is 0 Å². The molecule has 6 nitrogen and oxygen atoms in total. The van der Waals surface area contributed by atoms with Crippen LogP contribution >= 0.6 is 0 Å². The minimum absolute atomic E-state index is 0.225. The summed E-state index contributed by atoms with van der Waals surface area (Å²) >= 11 is 0. The zero-order valence-corrected chi connectivity index (χ0v) is 8.92. The summed E-state index contributed by atoms with van der Waals surface area (Å²) < 4.78 is 10.7. The number of nitrogens with zero attached hydrogens (tertiary/aromatic N) is 2. The number of hydrogen-bond donors (Lipinski definition) is 1. The van der Waals surface area contributed by atoms with Crippen LogP contribution in [-0.4, -0.2) is 26.3 Å². The maximum absolute atomic E-state index is 10.8. The first kappa shape index (κ1) is 10.7. The number of rotatable bonds is 3. The van der Waals surface area contributed by atoms with Gasteiger partial charge in [0.15, 0.2) is 11.5 Å². The quantitative estimate of drug-likeness (QED) is 0.770. The molecule has 6 heteroatoms. The van der Waals surface area contributed by atoms with Gasteiger partial charge in [-0.25, -0.2) is 5.01 Å². The fraction of sp³-hybridized carbons (Fsp3) is 0.400. The van der Waals surface area contributed by atoms with Crippen molar-refractivity contribution in [1.82, 2.24) is 0 Å². The Kier molecular flexibility index (Phi) is 2.91. The van der Waals surface area contributed by atoms with E-state index in [1.165, 1.54) is 5.01 Å². The predicted octanol–water partition coefficient (Wildman–Crippen LogP) is 0.903. The Morgan fingerprint density at radius 3 is 3.12 bits per heavy atom. The molecule has 1 aliphatic heterocycles. The lowest BCUT2D eigenvalue weighted by Crippen LogP contribution is -2.44. The van der Waals surface area contributed by atoms with Crippen molar-refractivity contribution in [3.05, 3.63) is 23.1 Å². The molecule has 0 spiro atoms. The van der Waals surface area contributed by atoms with Crippen LogP contribution in [0.15, 0.2) is 23.5 Å². The van der Waals surface area contributed by atoms with E-state index in [1.54, 1.807) is 25.3 Å². The van der Waals surface area contributed by atoms with Gasteiger partial charge in [-0.3, -0.25) is 0 Å². The van der Waals surface area contributed by atoms with E-state index in [4.69, 9.17) is 15.2 Å². The first-order valence-electron chi connectivity index (χ1n) is 4.94. The SMILES string of the molecule is COc1cccc2c1OCC(CN)N2N=O. The van der Waals surface area contributed by atoms with Crippen LogP contribution in [0.5, 0.6) is 11.5 Å². The van der Waals surface area contributed by atoms with E-state index in [2.05, 4.69) is 5.29 Å². The minimum atomic E-state index is -0.225. The Balaban J connectivity index is 2.45. The fourth-order valence-corrected chi connectivity index (χ4v) is 1.72. The molecular weight excluding hydrogens is 210 g/mol. The minimum Gasteiger partial charge on any atom is -0.493 e. The second-order valence-electron chi connectivity index (χ2n) is 3.44. The number of fused-ring (bicyclic) bond motifs is 1. The molecule has 0 saturated carbocycles. The van der Waals surface area contributed by atoms with Crippen LogP contribution in [0.1, 0.15) is 0 Å². The zero-order chi connectivity index (χ0) is 11.5. The van der Waals surface area contributed by atoms with Crippen LogP contribution in [0.2, 0.25) is 0 Å². The molecule has 0 aromatic heterocycles. The highest BCUT2D eigenvalue weighted by atomic mass is 16.5. The van der Waals surface area contributed by atoms with Gasteiger partial charge in [-0.05, 0) is 12.1 Å². The summed E-state index contributed by atoms with van der Waals surface area (Å²) in [6.45, 7) is 0.637. The highest BCUT2D eigenvalue weighted by molar-refractivity contribution is 5.66. The number of methoxy groups -OCH3 is 1. The molecule has 2 N–H and O–H groups in total. The lowest BCUT2D eigenvalue weighted by atomic mass is 10.2. The van der Waals surface area contributed by atoms with E-state index in [0.29, 0.717) is 30.3 Å². The molecule has 0 radical (unpaired) electrons. The Morgan fingerprint density at radius 2 is 2.50 bits per heavy atom. The van der Waals surface area contributed by atoms with E-state index in [0.717, 1.165) is 0 Å². The van der Waals surface area contributed by atoms with E-state index >= 15 is 0 Å². The normalized spacial score (nSPS) is 18.6. The molecule has 0 saturated heterocycles. The third-order valence-corrected chi connectivity index (χ3v) is 2.55. The van der Waals surface area contributed by atoms with Crippen LogP contribution in [-0.2, 0) is 0 Å². The van der Waals surface area contributed by atoms with Gasteiger partial charge in [0.25, 0.3) is 0 Å². The Hall–Kier alpha value is -1.82. The van der Waals surface area contributed by atoms with Gasteiger partial charge >= 0.3 is 0 Å². The molecule has 0 fully saturated rings. The number of hydrogen-bond acceptors (Lipinski definition) is 5. The lowest BCUT2D eigenvalue weighted by molar-refractivity contribution is 0.250. The molecule has 2 rings (SSSR count). The molecule has 1 aromatic carbocycles. The number of benzene rings is 1. The molecule has 1 atom stereocenters. The average Bonchev–Trinajstić information content (AvgIpc) is 2.36. The summed E-state index contributed by atoms with van der Waals surface area (Å²) in [6.07, 6.45) is 0. The Labute approximate surface area is 92.9 Å². The van der Waals surface area contributed by atoms with Gasteiger partial charge in [0.2, 0.25) is 0 Å². The summed E-state index contributed by atoms with van der Waals surface area (Å²) in [5.41, 5.74) is 6.14. The van der Waals surface area contributed by atoms with Crippen LogP contribution < -0.4 is 20.2 Å². The van der Waals surface area contributed by atoms with Crippen LogP contribution in [0.25, 0.3) is 0 Å². The number of anilines is 1. The average molecular weight is 223 g/mol. The second-order valence-corrected chi connectivity index (χ2v) is 3.44. The maximum Gasteiger partial charge on any atom is 0.186 e. The monoisotopic (exact) mass is 223 g/mol. The molecule has 1 unspecified atom stereocenters. The van der Waals surface area contributed by atoms with Crippen molar-refractivity contribution < 1.29 is 9.47 Å². The summed E-state index contributed by atoms with van der Waals surface area (Å²) in [6, 6.07) is 5.07. The summed E-state index contributed by atoms with van der Waals surface area (Å²) in [7, 11) is 1.55. The largest absolute Gasteiger partial charge is 0.493 e. The highest BCUT2D eigenvalue weighted by Gasteiger charge is 2.29. The van der Waals surface area contributed by atoms with Crippen molar-refractivity contribution in [2.75, 3.05) is 25.3 Å². The van der Waals surface area contributed by atoms with Gasteiger partial charge in [0.1, 0.15) is 18.3 Å². The van der Waals surface area contributed by atoms with Crippen molar-refractivity contribution in [3.63, 3.8) is 0 Å². The van der Waals surface area contributed by atoms with Gasteiger partial charge in [-0.2, -0.15) is 0 Å². The standard InChI is InChI=1S/C10H13N3O3/c1-15-9-4-2-3-8-10(9)16-6-7(5-11)13(8)12-14/h2-4,7H,5-6,11H2,1H3. The molecule has 86 valence electrons. The van der Waals surface area contributed by atoms with E-state index in [-0.39, 0.29) is 6.04 Å². The first-order valence-corrected chi connectivity index (χ1v) is 4.94. The number of para-hydroxylation sites is 1. The second kappa shape index (κ2) is 4.36. The van der Waals surface area contributed by atoms with Crippen molar-refractivity contribution in [1.29, 1.82) is 0 Å². The maximum atomic E-state index is 10.8. The lowest BCUT2D eigenvalue weighted by Gasteiger charge is -2.32. The summed E-state index contributed by atoms with van der Waals surface area (Å²) in [5.74, 6) is 1.12. The molecule has 1 aromatic rings. The van der Waals surface area contributed by atoms with Crippen LogP contribution in [0, 0.1) is 4.91 Å². The fourth-order valence-electron chi connectivity index (χ4n) is 1.72. The van der Waals surface area contributed by atoms with Crippen molar-refractivity contribution in [3.8, 4) is 11.5 Å². The van der Waals surface area contributed by atoms with Gasteiger partial charge in [0, 0.05) is 6.54 Å². The number of nitrogens with two attached hydrogens (primary N) is 1. The third kappa shape index (κ3) is 1.57. The first-order chi connectivity index (χ1) is 7.81. The Morgan fingerprint density at radius 1 is 1.69 bits per heavy atom. The molecule has 0 aliphatic carbocycles. The Bertz CT molecular complexity index is 397. The highest BCUT2D eigenvalue weighted by Crippen LogP contribution is 2.41. The molecule has 0 bridgehead atoms. The zero-order valence-electron chi connectivity index (χ0n) is 8.92. The van der Waals surface area contributed by atoms with Crippen molar-refractivity contribution in [2.45, 2.75) is 6.04 Å². The van der Waals surface area contributed by atoms with Gasteiger partial charge in [-0.15, -0.1) is 4.91 Å². The molecule has 1 heterocycles.